The van der Waals surface area contributed by atoms with E-state index in [1.54, 1.807) is 23.7 Å². The van der Waals surface area contributed by atoms with Gasteiger partial charge in [0, 0.05) is 23.6 Å². The molecule has 0 bridgehead atoms. The number of rotatable bonds is 3. The van der Waals surface area contributed by atoms with Crippen LogP contribution in [0.4, 0.5) is 5.13 Å². The first-order valence-corrected chi connectivity index (χ1v) is 10.9. The molecule has 1 amide bonds. The number of aliphatic hydroxyl groups is 1. The third-order valence-electron chi connectivity index (χ3n) is 5.63. The first-order chi connectivity index (χ1) is 14.9. The molecule has 1 N–H and O–H groups in total. The Kier molecular flexibility index (Phi) is 4.63. The fourth-order valence-corrected chi connectivity index (χ4v) is 4.82. The number of Topliss-reactive ketones (excluding diaryl/α,β-unsaturated/α-hetero) is 1. The minimum atomic E-state index is -0.754. The average Bonchev–Trinajstić information content (AvgIpc) is 3.46. The Morgan fingerprint density at radius 3 is 2.68 bits per heavy atom. The Labute approximate surface area is 183 Å². The summed E-state index contributed by atoms with van der Waals surface area (Å²) < 4.78 is 5.74. The van der Waals surface area contributed by atoms with E-state index in [1.807, 2.05) is 44.2 Å². The van der Waals surface area contributed by atoms with E-state index < -0.39 is 17.7 Å². The number of hydrogen-bond donors (Lipinski definition) is 1. The number of amides is 1. The SMILES string of the molecule is Cc1ccc([C@H]2C(=C(O)c3ccc4c(c3)C[C@@H](C)O4)C(=O)C(=O)N2c2nccs2)cc1. The predicted molar refractivity (Wildman–Crippen MR) is 118 cm³/mol. The van der Waals surface area contributed by atoms with E-state index in [1.165, 1.54) is 16.2 Å². The highest BCUT2D eigenvalue weighted by Gasteiger charge is 2.48. The van der Waals surface area contributed by atoms with Crippen molar-refractivity contribution >= 4 is 33.9 Å². The van der Waals surface area contributed by atoms with Crippen molar-refractivity contribution in [3.8, 4) is 5.75 Å². The molecule has 2 aliphatic heterocycles. The van der Waals surface area contributed by atoms with Gasteiger partial charge < -0.3 is 9.84 Å². The van der Waals surface area contributed by atoms with Gasteiger partial charge in [0.05, 0.1) is 11.6 Å². The maximum atomic E-state index is 13.1. The van der Waals surface area contributed by atoms with E-state index in [2.05, 4.69) is 4.98 Å². The van der Waals surface area contributed by atoms with E-state index in [0.717, 1.165) is 28.9 Å². The molecule has 1 saturated heterocycles. The average molecular weight is 433 g/mol. The molecule has 7 heteroatoms. The van der Waals surface area contributed by atoms with Crippen LogP contribution in [0.2, 0.25) is 0 Å². The van der Waals surface area contributed by atoms with E-state index in [9.17, 15) is 14.7 Å². The van der Waals surface area contributed by atoms with Crippen molar-refractivity contribution in [1.82, 2.24) is 4.98 Å². The van der Waals surface area contributed by atoms with Crippen LogP contribution in [-0.2, 0) is 16.0 Å². The van der Waals surface area contributed by atoms with E-state index in [4.69, 9.17) is 4.74 Å². The van der Waals surface area contributed by atoms with Gasteiger partial charge >= 0.3 is 5.91 Å². The van der Waals surface area contributed by atoms with Crippen molar-refractivity contribution in [1.29, 1.82) is 0 Å². The van der Waals surface area contributed by atoms with E-state index in [-0.39, 0.29) is 17.4 Å². The molecule has 2 aromatic carbocycles. The molecule has 6 nitrogen and oxygen atoms in total. The molecule has 156 valence electrons. The number of ether oxygens (including phenoxy) is 1. The summed E-state index contributed by atoms with van der Waals surface area (Å²) in [6, 6.07) is 12.2. The summed E-state index contributed by atoms with van der Waals surface area (Å²) in [5, 5.41) is 13.4. The Balaban J connectivity index is 1.68. The second kappa shape index (κ2) is 7.35. The maximum absolute atomic E-state index is 13.1. The van der Waals surface area contributed by atoms with Gasteiger partial charge in [-0.2, -0.15) is 0 Å². The van der Waals surface area contributed by atoms with Crippen LogP contribution < -0.4 is 9.64 Å². The zero-order valence-corrected chi connectivity index (χ0v) is 17.8. The summed E-state index contributed by atoms with van der Waals surface area (Å²) >= 11 is 1.27. The fraction of sp³-hybridized carbons (Fsp3) is 0.208. The molecule has 0 unspecified atom stereocenters. The number of ketones is 1. The predicted octanol–water partition coefficient (Wildman–Crippen LogP) is 4.40. The topological polar surface area (TPSA) is 79.7 Å². The van der Waals surface area contributed by atoms with Gasteiger partial charge in [-0.15, -0.1) is 11.3 Å². The van der Waals surface area contributed by atoms with Crippen molar-refractivity contribution in [3.63, 3.8) is 0 Å². The van der Waals surface area contributed by atoms with E-state index in [0.29, 0.717) is 10.7 Å². The molecule has 5 rings (SSSR count). The highest BCUT2D eigenvalue weighted by atomic mass is 32.1. The second-order valence-corrected chi connectivity index (χ2v) is 8.72. The van der Waals surface area contributed by atoms with Gasteiger partial charge in [-0.1, -0.05) is 29.8 Å². The number of aliphatic hydroxyl groups excluding tert-OH is 1. The Hall–Kier alpha value is -3.45. The van der Waals surface area contributed by atoms with Gasteiger partial charge in [0.15, 0.2) is 5.13 Å². The normalized spacial score (nSPS) is 21.9. The summed E-state index contributed by atoms with van der Waals surface area (Å²) in [6.07, 6.45) is 2.38. The van der Waals surface area contributed by atoms with Crippen LogP contribution >= 0.6 is 11.3 Å². The van der Waals surface area contributed by atoms with Crippen LogP contribution in [0.15, 0.2) is 59.6 Å². The second-order valence-electron chi connectivity index (χ2n) is 7.85. The first-order valence-electron chi connectivity index (χ1n) is 10.0. The monoisotopic (exact) mass is 432 g/mol. The van der Waals surface area contributed by atoms with Crippen molar-refractivity contribution in [2.45, 2.75) is 32.4 Å². The molecule has 0 spiro atoms. The number of fused-ring (bicyclic) bond motifs is 1. The lowest BCUT2D eigenvalue weighted by molar-refractivity contribution is -0.132. The molecule has 3 heterocycles. The highest BCUT2D eigenvalue weighted by Crippen LogP contribution is 2.43. The van der Waals surface area contributed by atoms with Crippen LogP contribution in [0, 0.1) is 6.92 Å². The molecule has 0 saturated carbocycles. The minimum Gasteiger partial charge on any atom is -0.507 e. The summed E-state index contributed by atoms with van der Waals surface area (Å²) in [5.41, 5.74) is 3.32. The zero-order valence-electron chi connectivity index (χ0n) is 17.0. The summed E-state index contributed by atoms with van der Waals surface area (Å²) in [7, 11) is 0. The Bertz CT molecular complexity index is 1210. The van der Waals surface area contributed by atoms with Gasteiger partial charge in [-0.25, -0.2) is 4.98 Å². The van der Waals surface area contributed by atoms with Crippen molar-refractivity contribution < 1.29 is 19.4 Å². The zero-order chi connectivity index (χ0) is 21.7. The van der Waals surface area contributed by atoms with Gasteiger partial charge in [-0.05, 0) is 43.2 Å². The number of anilines is 1. The van der Waals surface area contributed by atoms with Gasteiger partial charge in [-0.3, -0.25) is 14.5 Å². The Morgan fingerprint density at radius 1 is 1.19 bits per heavy atom. The molecule has 1 fully saturated rings. The summed E-state index contributed by atoms with van der Waals surface area (Å²) in [5.74, 6) is -0.823. The number of carbonyl (C=O) groups excluding carboxylic acids is 2. The van der Waals surface area contributed by atoms with E-state index >= 15 is 0 Å². The summed E-state index contributed by atoms with van der Waals surface area (Å²) in [6.45, 7) is 3.95. The largest absolute Gasteiger partial charge is 0.507 e. The number of aryl methyl sites for hydroxylation is 1. The maximum Gasteiger partial charge on any atom is 0.301 e. The van der Waals surface area contributed by atoms with Crippen molar-refractivity contribution in [2.24, 2.45) is 0 Å². The van der Waals surface area contributed by atoms with Gasteiger partial charge in [0.2, 0.25) is 0 Å². The van der Waals surface area contributed by atoms with Crippen molar-refractivity contribution in [3.05, 3.63) is 81.9 Å². The lowest BCUT2D eigenvalue weighted by Crippen LogP contribution is -2.29. The fourth-order valence-electron chi connectivity index (χ4n) is 4.15. The third kappa shape index (κ3) is 3.21. The van der Waals surface area contributed by atoms with Crippen LogP contribution in [0.1, 0.15) is 35.2 Å². The van der Waals surface area contributed by atoms with Crippen LogP contribution in [-0.4, -0.2) is 27.9 Å². The molecule has 2 atom stereocenters. The molecule has 2 aliphatic rings. The lowest BCUT2D eigenvalue weighted by Gasteiger charge is -2.23. The van der Waals surface area contributed by atoms with Crippen LogP contribution in [0.3, 0.4) is 0 Å². The van der Waals surface area contributed by atoms with Crippen LogP contribution in [0.5, 0.6) is 5.75 Å². The quantitative estimate of drug-likeness (QED) is 0.377. The number of thiazole rings is 1. The van der Waals surface area contributed by atoms with Gasteiger partial charge in [0.25, 0.3) is 5.78 Å². The van der Waals surface area contributed by atoms with Crippen LogP contribution in [0.25, 0.3) is 5.76 Å². The highest BCUT2D eigenvalue weighted by molar-refractivity contribution is 7.14. The number of carbonyl (C=O) groups is 2. The number of hydrogen-bond acceptors (Lipinski definition) is 6. The molecular formula is C24H20N2O4S. The summed E-state index contributed by atoms with van der Waals surface area (Å²) in [4.78, 5) is 31.7. The lowest BCUT2D eigenvalue weighted by atomic mass is 9.94. The molecule has 3 aromatic rings. The molecule has 0 aliphatic carbocycles. The third-order valence-corrected chi connectivity index (χ3v) is 6.40. The smallest absolute Gasteiger partial charge is 0.301 e. The molecule has 0 radical (unpaired) electrons. The molecule has 31 heavy (non-hydrogen) atoms. The Morgan fingerprint density at radius 2 is 1.97 bits per heavy atom. The van der Waals surface area contributed by atoms with Gasteiger partial charge in [0.1, 0.15) is 17.6 Å². The molecule has 1 aromatic heterocycles. The molecular weight excluding hydrogens is 412 g/mol. The van der Waals surface area contributed by atoms with Crippen molar-refractivity contribution in [2.75, 3.05) is 4.90 Å². The number of aromatic nitrogens is 1. The first kappa shape index (κ1) is 19.5. The standard InChI is InChI=1S/C24H20N2O4S/c1-13-3-5-15(6-4-13)20-19(22(28)23(29)26(20)24-25-9-10-31-24)21(27)16-7-8-18-17(12-16)11-14(2)30-18/h3-10,12,14,20,27H,11H2,1-2H3/t14-,20+/m1/s1. The number of nitrogens with zero attached hydrogens (tertiary/aromatic N) is 2. The minimum absolute atomic E-state index is 0.0652. The number of benzene rings is 2.